The second-order valence-electron chi connectivity index (χ2n) is 8.81. The first-order chi connectivity index (χ1) is 19.4. The Kier molecular flexibility index (Phi) is 7.60. The van der Waals surface area contributed by atoms with Crippen LogP contribution in [0.15, 0.2) is 78.2 Å². The van der Waals surface area contributed by atoms with Crippen LogP contribution in [0.1, 0.15) is 38.0 Å². The first-order valence-corrected chi connectivity index (χ1v) is 12.9. The number of fused-ring (bicyclic) bond motifs is 1. The Labute approximate surface area is 232 Å². The highest BCUT2D eigenvalue weighted by atomic mass is 32.1. The summed E-state index contributed by atoms with van der Waals surface area (Å²) >= 11 is 0.972. The number of anilines is 1. The fraction of sp³-hybridized carbons (Fsp3) is 0.143. The van der Waals surface area contributed by atoms with Crippen molar-refractivity contribution in [3.05, 3.63) is 106 Å². The number of carbonyl (C=O) groups is 4. The maximum atomic E-state index is 14.8. The average Bonchev–Trinajstić information content (AvgIpc) is 3.58. The fourth-order valence-electron chi connectivity index (χ4n) is 4.35. The second kappa shape index (κ2) is 11.4. The van der Waals surface area contributed by atoms with Crippen molar-refractivity contribution in [2.75, 3.05) is 19.0 Å². The number of methoxy groups -OCH3 is 1. The van der Waals surface area contributed by atoms with Gasteiger partial charge in [0.25, 0.3) is 17.7 Å². The van der Waals surface area contributed by atoms with E-state index in [1.165, 1.54) is 42.8 Å². The second-order valence-corrected chi connectivity index (χ2v) is 9.41. The minimum Gasteiger partial charge on any atom is -0.497 e. The van der Waals surface area contributed by atoms with E-state index in [0.717, 1.165) is 21.3 Å². The minimum atomic E-state index is -1.36. The third-order valence-electron chi connectivity index (χ3n) is 6.37. The molecule has 1 atom stereocenters. The van der Waals surface area contributed by atoms with Gasteiger partial charge in [-0.25, -0.2) is 4.39 Å². The van der Waals surface area contributed by atoms with Gasteiger partial charge in [0.15, 0.2) is 6.04 Å². The molecule has 4 aromatic rings. The van der Waals surface area contributed by atoms with E-state index in [-0.39, 0.29) is 28.9 Å². The average molecular weight is 560 g/mol. The van der Waals surface area contributed by atoms with Crippen molar-refractivity contribution < 1.29 is 28.3 Å². The molecule has 4 amide bonds. The summed E-state index contributed by atoms with van der Waals surface area (Å²) in [6.07, 6.45) is 0. The molecule has 12 heteroatoms. The lowest BCUT2D eigenvalue weighted by Gasteiger charge is -2.31. The van der Waals surface area contributed by atoms with Crippen molar-refractivity contribution in [2.45, 2.75) is 12.6 Å². The smallest absolute Gasteiger partial charge is 0.262 e. The summed E-state index contributed by atoms with van der Waals surface area (Å²) < 4.78 is 23.7. The number of aromatic nitrogens is 2. The van der Waals surface area contributed by atoms with E-state index < -0.39 is 42.0 Å². The van der Waals surface area contributed by atoms with Crippen LogP contribution in [-0.4, -0.2) is 56.7 Å². The van der Waals surface area contributed by atoms with Crippen molar-refractivity contribution in [1.82, 2.24) is 19.4 Å². The van der Waals surface area contributed by atoms with Crippen molar-refractivity contribution in [3.8, 4) is 5.75 Å². The molecule has 1 N–H and O–H groups in total. The molecule has 2 heterocycles. The van der Waals surface area contributed by atoms with Crippen LogP contribution < -0.4 is 10.1 Å². The molecule has 40 heavy (non-hydrogen) atoms. The molecular weight excluding hydrogens is 537 g/mol. The van der Waals surface area contributed by atoms with Crippen LogP contribution in [-0.2, 0) is 16.1 Å². The number of nitrogens with one attached hydrogen (secondary N) is 1. The lowest BCUT2D eigenvalue weighted by molar-refractivity contribution is -0.140. The topological polar surface area (TPSA) is 122 Å². The Hall–Kier alpha value is -4.97. The number of ether oxygens (including phenoxy) is 1. The summed E-state index contributed by atoms with van der Waals surface area (Å²) in [5.41, 5.74) is 1.04. The zero-order valence-corrected chi connectivity index (χ0v) is 21.9. The molecule has 3 aromatic carbocycles. The molecule has 10 nitrogen and oxygen atoms in total. The molecular formula is C28H22FN5O5S. The van der Waals surface area contributed by atoms with Crippen molar-refractivity contribution in [2.24, 2.45) is 0 Å². The first-order valence-electron chi connectivity index (χ1n) is 12.1. The number of nitrogens with zero attached hydrogens (tertiary/aromatic N) is 4. The molecule has 0 bridgehead atoms. The van der Waals surface area contributed by atoms with Crippen LogP contribution in [0.2, 0.25) is 0 Å². The Morgan fingerprint density at radius 3 is 2.25 bits per heavy atom. The quantitative estimate of drug-likeness (QED) is 0.311. The molecule has 202 valence electrons. The summed E-state index contributed by atoms with van der Waals surface area (Å²) in [5, 5.41) is 8.27. The summed E-state index contributed by atoms with van der Waals surface area (Å²) in [5.74, 6) is -2.68. The number of halogens is 1. The van der Waals surface area contributed by atoms with E-state index in [2.05, 4.69) is 14.9 Å². The van der Waals surface area contributed by atoms with Gasteiger partial charge in [-0.2, -0.15) is 0 Å². The van der Waals surface area contributed by atoms with Gasteiger partial charge in [0.05, 0.1) is 18.2 Å². The molecule has 0 radical (unpaired) electrons. The number of rotatable bonds is 9. The van der Waals surface area contributed by atoms with Gasteiger partial charge >= 0.3 is 0 Å². The van der Waals surface area contributed by atoms with E-state index >= 15 is 0 Å². The van der Waals surface area contributed by atoms with Gasteiger partial charge < -0.3 is 15.0 Å². The molecule has 0 fully saturated rings. The van der Waals surface area contributed by atoms with E-state index in [0.29, 0.717) is 11.4 Å². The lowest BCUT2D eigenvalue weighted by Crippen LogP contribution is -2.47. The predicted octanol–water partition coefficient (Wildman–Crippen LogP) is 3.69. The number of hydrogen-bond donors (Lipinski definition) is 1. The highest BCUT2D eigenvalue weighted by Gasteiger charge is 2.40. The van der Waals surface area contributed by atoms with Crippen LogP contribution in [0.25, 0.3) is 0 Å². The van der Waals surface area contributed by atoms with Gasteiger partial charge in [0, 0.05) is 23.2 Å². The Morgan fingerprint density at radius 1 is 1.00 bits per heavy atom. The van der Waals surface area contributed by atoms with Gasteiger partial charge in [-0.05, 0) is 54.0 Å². The van der Waals surface area contributed by atoms with Crippen LogP contribution in [0.5, 0.6) is 5.75 Å². The molecule has 0 saturated carbocycles. The van der Waals surface area contributed by atoms with Gasteiger partial charge in [0.1, 0.15) is 23.8 Å². The van der Waals surface area contributed by atoms with E-state index in [1.54, 1.807) is 42.5 Å². The zero-order valence-electron chi connectivity index (χ0n) is 21.1. The largest absolute Gasteiger partial charge is 0.497 e. The Balaban J connectivity index is 1.49. The highest BCUT2D eigenvalue weighted by molar-refractivity contribution is 7.03. The molecule has 1 aliphatic rings. The van der Waals surface area contributed by atoms with E-state index in [9.17, 15) is 23.6 Å². The molecule has 5 rings (SSSR count). The summed E-state index contributed by atoms with van der Waals surface area (Å²) in [6.45, 7) is -1.00. The van der Waals surface area contributed by atoms with Crippen LogP contribution in [0, 0.1) is 5.82 Å². The van der Waals surface area contributed by atoms with Crippen molar-refractivity contribution in [1.29, 1.82) is 0 Å². The van der Waals surface area contributed by atoms with Crippen LogP contribution in [0.4, 0.5) is 10.1 Å². The third kappa shape index (κ3) is 5.29. The molecule has 1 unspecified atom stereocenters. The van der Waals surface area contributed by atoms with Gasteiger partial charge in [-0.3, -0.25) is 24.1 Å². The Morgan fingerprint density at radius 2 is 1.65 bits per heavy atom. The molecule has 0 saturated heterocycles. The van der Waals surface area contributed by atoms with Crippen LogP contribution >= 0.6 is 11.5 Å². The van der Waals surface area contributed by atoms with Gasteiger partial charge in [0.2, 0.25) is 5.91 Å². The highest BCUT2D eigenvalue weighted by Crippen LogP contribution is 2.28. The van der Waals surface area contributed by atoms with Crippen LogP contribution in [0.3, 0.4) is 0 Å². The number of amides is 4. The van der Waals surface area contributed by atoms with Crippen molar-refractivity contribution in [3.63, 3.8) is 0 Å². The minimum absolute atomic E-state index is 0.128. The number of imide groups is 1. The normalized spacial score (nSPS) is 13.1. The molecule has 0 spiro atoms. The predicted molar refractivity (Wildman–Crippen MR) is 143 cm³/mol. The number of carbonyl (C=O) groups excluding carboxylic acids is 4. The fourth-order valence-corrected chi connectivity index (χ4v) is 4.83. The first kappa shape index (κ1) is 26.6. The van der Waals surface area contributed by atoms with Gasteiger partial charge in [-0.15, -0.1) is 5.10 Å². The molecule has 0 aliphatic carbocycles. The lowest BCUT2D eigenvalue weighted by atomic mass is 10.1. The van der Waals surface area contributed by atoms with Crippen molar-refractivity contribution >= 4 is 40.8 Å². The molecule has 1 aromatic heterocycles. The Bertz CT molecular complexity index is 1540. The number of hydrogen-bond acceptors (Lipinski definition) is 8. The summed E-state index contributed by atoms with van der Waals surface area (Å²) in [4.78, 5) is 55.4. The van der Waals surface area contributed by atoms with Gasteiger partial charge in [-0.1, -0.05) is 34.8 Å². The number of benzene rings is 3. The van der Waals surface area contributed by atoms with E-state index in [1.807, 2.05) is 0 Å². The SMILES string of the molecule is COc1ccc(NC(=O)C(c2csnn2)N(Cc2ccccc2F)C(=O)CN2C(=O)c3ccccc3C2=O)cc1. The standard InChI is InChI=1S/C28H22FN5O5S/c1-39-19-12-10-18(11-13-19)30-26(36)25(23-16-40-32-31-23)33(14-17-6-2-5-9-22(17)29)24(35)15-34-27(37)20-7-3-4-8-21(20)28(34)38/h2-13,16,25H,14-15H2,1H3,(H,30,36). The van der Waals surface area contributed by atoms with E-state index in [4.69, 9.17) is 4.74 Å². The summed E-state index contributed by atoms with van der Waals surface area (Å²) in [6, 6.07) is 17.2. The maximum absolute atomic E-state index is 14.8. The third-order valence-corrected chi connectivity index (χ3v) is 6.89. The maximum Gasteiger partial charge on any atom is 0.262 e. The molecule has 1 aliphatic heterocycles. The summed E-state index contributed by atoms with van der Waals surface area (Å²) in [7, 11) is 1.51. The monoisotopic (exact) mass is 559 g/mol. The zero-order chi connectivity index (χ0) is 28.2.